The predicted molar refractivity (Wildman–Crippen MR) is 85.9 cm³/mol. The van der Waals surface area contributed by atoms with Gasteiger partial charge in [-0.1, -0.05) is 35.9 Å². The summed E-state index contributed by atoms with van der Waals surface area (Å²) in [6.07, 6.45) is 6.25. The van der Waals surface area contributed by atoms with Crippen molar-refractivity contribution in [3.8, 4) is 0 Å². The summed E-state index contributed by atoms with van der Waals surface area (Å²) >= 11 is 0. The fraction of sp³-hybridized carbons (Fsp3) is 0.389. The van der Waals surface area contributed by atoms with Gasteiger partial charge >= 0.3 is 0 Å². The number of benzene rings is 1. The highest BCUT2D eigenvalue weighted by Crippen LogP contribution is 2.34. The number of nitrogens with two attached hydrogens (primary N) is 1. The monoisotopic (exact) mass is 281 g/mol. The van der Waals surface area contributed by atoms with Crippen LogP contribution in [0.4, 0.5) is 0 Å². The summed E-state index contributed by atoms with van der Waals surface area (Å²) in [5.74, 6) is 6.26. The molecule has 1 aliphatic carbocycles. The average Bonchev–Trinajstić information content (AvgIpc) is 2.94. The highest BCUT2D eigenvalue weighted by molar-refractivity contribution is 5.30. The van der Waals surface area contributed by atoms with Gasteiger partial charge in [0.05, 0.1) is 0 Å². The van der Waals surface area contributed by atoms with Crippen LogP contribution in [0.2, 0.25) is 0 Å². The third kappa shape index (κ3) is 3.14. The molecule has 3 rings (SSSR count). The first-order chi connectivity index (χ1) is 10.3. The van der Waals surface area contributed by atoms with Crippen LogP contribution in [0.25, 0.3) is 0 Å². The molecule has 0 amide bonds. The molecule has 2 atom stereocenters. The zero-order valence-corrected chi connectivity index (χ0v) is 12.5. The van der Waals surface area contributed by atoms with Gasteiger partial charge in [-0.2, -0.15) is 0 Å². The van der Waals surface area contributed by atoms with Gasteiger partial charge in [-0.25, -0.2) is 0 Å². The Kier molecular flexibility index (Phi) is 4.32. The maximum Gasteiger partial charge on any atom is 0.0482 e. The van der Waals surface area contributed by atoms with Gasteiger partial charge in [-0.3, -0.25) is 16.3 Å². The Morgan fingerprint density at radius 1 is 1.29 bits per heavy atom. The van der Waals surface area contributed by atoms with Crippen molar-refractivity contribution >= 4 is 0 Å². The molecule has 0 saturated heterocycles. The topological polar surface area (TPSA) is 50.9 Å². The van der Waals surface area contributed by atoms with Gasteiger partial charge in [0.25, 0.3) is 0 Å². The highest BCUT2D eigenvalue weighted by Gasteiger charge is 2.30. The van der Waals surface area contributed by atoms with Crippen LogP contribution in [0, 0.1) is 6.92 Å². The summed E-state index contributed by atoms with van der Waals surface area (Å²) in [4.78, 5) is 4.58. The zero-order chi connectivity index (χ0) is 14.7. The first-order valence-corrected chi connectivity index (χ1v) is 7.73. The van der Waals surface area contributed by atoms with Gasteiger partial charge < -0.3 is 0 Å². The quantitative estimate of drug-likeness (QED) is 0.654. The summed E-state index contributed by atoms with van der Waals surface area (Å²) in [5, 5.41) is 0. The lowest BCUT2D eigenvalue weighted by atomic mass is 9.92. The minimum Gasteiger partial charge on any atom is -0.271 e. The van der Waals surface area contributed by atoms with E-state index >= 15 is 0 Å². The molecule has 1 aromatic carbocycles. The van der Waals surface area contributed by atoms with Crippen LogP contribution in [0.3, 0.4) is 0 Å². The molecular weight excluding hydrogens is 258 g/mol. The summed E-state index contributed by atoms with van der Waals surface area (Å²) in [7, 11) is 0. The number of hydrazine groups is 1. The van der Waals surface area contributed by atoms with E-state index in [0.29, 0.717) is 12.0 Å². The summed E-state index contributed by atoms with van der Waals surface area (Å²) in [5.41, 5.74) is 8.34. The smallest absolute Gasteiger partial charge is 0.0482 e. The molecule has 1 aliphatic rings. The van der Waals surface area contributed by atoms with Crippen molar-refractivity contribution in [3.05, 3.63) is 65.0 Å². The number of nitrogens with zero attached hydrogens (tertiary/aromatic N) is 1. The minimum atomic E-state index is 0.294. The second kappa shape index (κ2) is 6.37. The molecule has 0 bridgehead atoms. The molecule has 3 heteroatoms. The first kappa shape index (κ1) is 14.2. The standard InChI is InChI=1S/C18H23N3/c1-13-4-6-14(7-5-13)8-11-17(21-19)16-10-9-15-3-2-12-20-18(15)16/h2-7,12,16-17,21H,8-11,19H2,1H3. The minimum absolute atomic E-state index is 0.294. The summed E-state index contributed by atoms with van der Waals surface area (Å²) in [6.45, 7) is 2.12. The normalized spacial score (nSPS) is 18.5. The van der Waals surface area contributed by atoms with Crippen LogP contribution >= 0.6 is 0 Å². The van der Waals surface area contributed by atoms with Crippen molar-refractivity contribution < 1.29 is 0 Å². The van der Waals surface area contributed by atoms with E-state index in [1.165, 1.54) is 22.4 Å². The van der Waals surface area contributed by atoms with E-state index in [9.17, 15) is 0 Å². The SMILES string of the molecule is Cc1ccc(CCC(NN)C2CCc3cccnc32)cc1. The Morgan fingerprint density at radius 2 is 2.10 bits per heavy atom. The van der Waals surface area contributed by atoms with Gasteiger partial charge in [-0.05, 0) is 49.8 Å². The first-order valence-electron chi connectivity index (χ1n) is 7.73. The Bertz CT molecular complexity index is 592. The molecule has 0 saturated carbocycles. The Labute approximate surface area is 126 Å². The Hall–Kier alpha value is -1.71. The fourth-order valence-corrected chi connectivity index (χ4v) is 3.31. The van der Waals surface area contributed by atoms with Crippen LogP contribution in [-0.4, -0.2) is 11.0 Å². The fourth-order valence-electron chi connectivity index (χ4n) is 3.31. The van der Waals surface area contributed by atoms with Crippen LogP contribution in [0.15, 0.2) is 42.6 Å². The van der Waals surface area contributed by atoms with Gasteiger partial charge in [0, 0.05) is 23.9 Å². The van der Waals surface area contributed by atoms with E-state index in [0.717, 1.165) is 25.7 Å². The lowest BCUT2D eigenvalue weighted by molar-refractivity contribution is 0.408. The molecule has 110 valence electrons. The third-order valence-corrected chi connectivity index (χ3v) is 4.57. The predicted octanol–water partition coefficient (Wildman–Crippen LogP) is 2.88. The number of fused-ring (bicyclic) bond motifs is 1. The maximum absolute atomic E-state index is 5.82. The largest absolute Gasteiger partial charge is 0.271 e. The van der Waals surface area contributed by atoms with E-state index in [4.69, 9.17) is 5.84 Å². The van der Waals surface area contributed by atoms with Gasteiger partial charge in [-0.15, -0.1) is 0 Å². The van der Waals surface area contributed by atoms with Gasteiger partial charge in [0.15, 0.2) is 0 Å². The number of aryl methyl sites for hydroxylation is 3. The lowest BCUT2D eigenvalue weighted by Crippen LogP contribution is -2.39. The number of rotatable bonds is 5. The second-order valence-corrected chi connectivity index (χ2v) is 5.99. The van der Waals surface area contributed by atoms with Crippen LogP contribution < -0.4 is 11.3 Å². The van der Waals surface area contributed by atoms with Crippen LogP contribution in [0.1, 0.15) is 41.1 Å². The molecule has 2 unspecified atom stereocenters. The van der Waals surface area contributed by atoms with Gasteiger partial charge in [0.1, 0.15) is 0 Å². The highest BCUT2D eigenvalue weighted by atomic mass is 15.2. The van der Waals surface area contributed by atoms with E-state index < -0.39 is 0 Å². The zero-order valence-electron chi connectivity index (χ0n) is 12.5. The number of nitrogens with one attached hydrogen (secondary N) is 1. The molecule has 0 radical (unpaired) electrons. The maximum atomic E-state index is 5.82. The number of hydrogen-bond donors (Lipinski definition) is 2. The van der Waals surface area contributed by atoms with Crippen molar-refractivity contribution in [1.82, 2.24) is 10.4 Å². The molecule has 0 aliphatic heterocycles. The Balaban J connectivity index is 1.67. The van der Waals surface area contributed by atoms with Crippen molar-refractivity contribution in [3.63, 3.8) is 0 Å². The molecular formula is C18H23N3. The van der Waals surface area contributed by atoms with Crippen molar-refractivity contribution in [1.29, 1.82) is 0 Å². The second-order valence-electron chi connectivity index (χ2n) is 5.99. The molecule has 2 aromatic rings. The van der Waals surface area contributed by atoms with E-state index in [1.54, 1.807) is 0 Å². The van der Waals surface area contributed by atoms with E-state index in [1.807, 2.05) is 12.3 Å². The molecule has 0 fully saturated rings. The number of pyridine rings is 1. The number of aromatic nitrogens is 1. The van der Waals surface area contributed by atoms with E-state index in [-0.39, 0.29) is 0 Å². The number of hydrogen-bond acceptors (Lipinski definition) is 3. The van der Waals surface area contributed by atoms with Crippen molar-refractivity contribution in [2.75, 3.05) is 0 Å². The molecule has 21 heavy (non-hydrogen) atoms. The van der Waals surface area contributed by atoms with Gasteiger partial charge in [0.2, 0.25) is 0 Å². The van der Waals surface area contributed by atoms with Crippen LogP contribution in [-0.2, 0) is 12.8 Å². The summed E-state index contributed by atoms with van der Waals surface area (Å²) in [6, 6.07) is 13.3. The van der Waals surface area contributed by atoms with Crippen molar-refractivity contribution in [2.45, 2.75) is 44.6 Å². The third-order valence-electron chi connectivity index (χ3n) is 4.57. The molecule has 0 spiro atoms. The lowest BCUT2D eigenvalue weighted by Gasteiger charge is -2.23. The molecule has 1 heterocycles. The molecule has 3 nitrogen and oxygen atoms in total. The molecule has 3 N–H and O–H groups in total. The van der Waals surface area contributed by atoms with Crippen LogP contribution in [0.5, 0.6) is 0 Å². The average molecular weight is 281 g/mol. The summed E-state index contributed by atoms with van der Waals surface area (Å²) < 4.78 is 0. The molecule has 1 aromatic heterocycles. The van der Waals surface area contributed by atoms with Crippen molar-refractivity contribution in [2.24, 2.45) is 5.84 Å². The Morgan fingerprint density at radius 3 is 2.86 bits per heavy atom. The van der Waals surface area contributed by atoms with E-state index in [2.05, 4.69) is 47.7 Å².